The van der Waals surface area contributed by atoms with E-state index in [9.17, 15) is 10.1 Å². The zero-order chi connectivity index (χ0) is 21.8. The number of pyridine rings is 1. The Labute approximate surface area is 180 Å². The average Bonchev–Trinajstić information content (AvgIpc) is 3.41. The lowest BCUT2D eigenvalue weighted by Gasteiger charge is -2.16. The van der Waals surface area contributed by atoms with E-state index in [1.165, 1.54) is 5.56 Å². The van der Waals surface area contributed by atoms with E-state index in [1.807, 2.05) is 38.1 Å². The molecule has 0 radical (unpaired) electrons. The zero-order valence-corrected chi connectivity index (χ0v) is 18.0. The van der Waals surface area contributed by atoms with Gasteiger partial charge in [-0.25, -0.2) is 4.79 Å². The van der Waals surface area contributed by atoms with Crippen LogP contribution in [0.4, 0.5) is 0 Å². The van der Waals surface area contributed by atoms with Crippen molar-refractivity contribution < 1.29 is 0 Å². The third-order valence-electron chi connectivity index (χ3n) is 6.57. The van der Waals surface area contributed by atoms with Crippen molar-refractivity contribution >= 4 is 21.9 Å². The van der Waals surface area contributed by atoms with Crippen LogP contribution in [-0.2, 0) is 12.5 Å². The van der Waals surface area contributed by atoms with Gasteiger partial charge in [0, 0.05) is 19.0 Å². The van der Waals surface area contributed by atoms with Crippen LogP contribution in [0.1, 0.15) is 37.3 Å². The Bertz CT molecular complexity index is 1400. The van der Waals surface area contributed by atoms with Crippen molar-refractivity contribution in [2.24, 2.45) is 7.05 Å². The van der Waals surface area contributed by atoms with Crippen molar-refractivity contribution in [1.29, 1.82) is 5.26 Å². The quantitative estimate of drug-likeness (QED) is 0.557. The molecule has 1 N–H and O–H groups in total. The van der Waals surface area contributed by atoms with E-state index in [0.717, 1.165) is 52.7 Å². The number of nitriles is 1. The number of nitrogens with one attached hydrogen (secondary N) is 1. The predicted octanol–water partition coefficient (Wildman–Crippen LogP) is 3.76. The number of hydrogen-bond donors (Lipinski definition) is 1. The Hall–Kier alpha value is -3.43. The van der Waals surface area contributed by atoms with Gasteiger partial charge in [-0.2, -0.15) is 5.26 Å². The summed E-state index contributed by atoms with van der Waals surface area (Å²) in [7, 11) is 1.78. The van der Waals surface area contributed by atoms with Crippen LogP contribution < -0.4 is 11.0 Å². The maximum atomic E-state index is 13.2. The van der Waals surface area contributed by atoms with Crippen LogP contribution in [-0.4, -0.2) is 27.2 Å². The Balaban J connectivity index is 1.76. The molecule has 1 fully saturated rings. The number of aryl methyl sites for hydroxylation is 1. The molecule has 0 saturated carbocycles. The Morgan fingerprint density at radius 1 is 1.19 bits per heavy atom. The summed E-state index contributed by atoms with van der Waals surface area (Å²) in [6.45, 7) is 5.80. The van der Waals surface area contributed by atoms with Gasteiger partial charge in [0.05, 0.1) is 39.9 Å². The highest BCUT2D eigenvalue weighted by molar-refractivity contribution is 6.03. The Morgan fingerprint density at radius 2 is 1.97 bits per heavy atom. The molecule has 4 aromatic rings. The molecule has 0 amide bonds. The molecule has 3 heterocycles. The topological polar surface area (TPSA) is 75.6 Å². The molecule has 31 heavy (non-hydrogen) atoms. The van der Waals surface area contributed by atoms with Gasteiger partial charge in [0.1, 0.15) is 0 Å². The minimum absolute atomic E-state index is 0.107. The molecule has 6 nitrogen and oxygen atoms in total. The molecule has 1 saturated heterocycles. The summed E-state index contributed by atoms with van der Waals surface area (Å²) in [5, 5.41) is 13.9. The molecule has 1 aliphatic rings. The third-order valence-corrected chi connectivity index (χ3v) is 6.57. The molecule has 1 atom stereocenters. The summed E-state index contributed by atoms with van der Waals surface area (Å²) in [5.74, 6) is 0.482. The van der Waals surface area contributed by atoms with Gasteiger partial charge in [0.2, 0.25) is 0 Å². The van der Waals surface area contributed by atoms with Gasteiger partial charge < -0.3 is 5.32 Å². The van der Waals surface area contributed by atoms with Crippen LogP contribution in [0.5, 0.6) is 0 Å². The number of hydrogen-bond acceptors (Lipinski definition) is 4. The van der Waals surface area contributed by atoms with Crippen molar-refractivity contribution in [1.82, 2.24) is 19.4 Å². The maximum Gasteiger partial charge on any atom is 0.333 e. The number of rotatable bonds is 3. The van der Waals surface area contributed by atoms with Gasteiger partial charge in [0.15, 0.2) is 0 Å². The monoisotopic (exact) mass is 411 g/mol. The molecular weight excluding hydrogens is 386 g/mol. The van der Waals surface area contributed by atoms with Crippen molar-refractivity contribution in [3.8, 4) is 11.8 Å². The highest BCUT2D eigenvalue weighted by Gasteiger charge is 2.22. The molecule has 0 aliphatic carbocycles. The first-order chi connectivity index (χ1) is 14.9. The largest absolute Gasteiger partial charge is 0.333 e. The highest BCUT2D eigenvalue weighted by atomic mass is 16.1. The average molecular weight is 412 g/mol. The minimum Gasteiger partial charge on any atom is -0.316 e. The first-order valence-electron chi connectivity index (χ1n) is 10.6. The van der Waals surface area contributed by atoms with Gasteiger partial charge in [-0.15, -0.1) is 0 Å². The van der Waals surface area contributed by atoms with Crippen LogP contribution in [0.2, 0.25) is 0 Å². The first-order valence-corrected chi connectivity index (χ1v) is 10.6. The maximum absolute atomic E-state index is 13.2. The molecule has 0 bridgehead atoms. The van der Waals surface area contributed by atoms with Crippen molar-refractivity contribution in [3.63, 3.8) is 0 Å². The van der Waals surface area contributed by atoms with Gasteiger partial charge in [-0.05, 0) is 68.1 Å². The lowest BCUT2D eigenvalue weighted by Crippen LogP contribution is -2.21. The van der Waals surface area contributed by atoms with Crippen LogP contribution in [0.15, 0.2) is 53.5 Å². The van der Waals surface area contributed by atoms with Crippen LogP contribution in [0.25, 0.3) is 27.6 Å². The summed E-state index contributed by atoms with van der Waals surface area (Å²) in [4.78, 5) is 17.9. The Kier molecular flexibility index (Phi) is 4.45. The fourth-order valence-corrected chi connectivity index (χ4v) is 4.54. The van der Waals surface area contributed by atoms with Gasteiger partial charge in [-0.1, -0.05) is 18.2 Å². The molecule has 1 aliphatic heterocycles. The van der Waals surface area contributed by atoms with Crippen LogP contribution in [0, 0.1) is 11.3 Å². The fourth-order valence-electron chi connectivity index (χ4n) is 4.54. The molecule has 5 rings (SSSR count). The highest BCUT2D eigenvalue weighted by Crippen LogP contribution is 2.31. The fraction of sp³-hybridized carbons (Fsp3) is 0.320. The summed E-state index contributed by atoms with van der Waals surface area (Å²) < 4.78 is 3.41. The van der Waals surface area contributed by atoms with Crippen LogP contribution in [0.3, 0.4) is 0 Å². The van der Waals surface area contributed by atoms with E-state index < -0.39 is 5.41 Å². The molecule has 6 heteroatoms. The van der Waals surface area contributed by atoms with E-state index in [1.54, 1.807) is 22.4 Å². The SMILES string of the molecule is Cn1c(=O)n(-c2ccc(C(C)(C)C#N)cc2)c2c3cc(C4CCNC4)ccc3ncc21. The second-order valence-corrected chi connectivity index (χ2v) is 8.92. The lowest BCUT2D eigenvalue weighted by molar-refractivity contribution is 0.686. The van der Waals surface area contributed by atoms with E-state index in [2.05, 4.69) is 34.6 Å². The Morgan fingerprint density at radius 3 is 2.65 bits per heavy atom. The van der Waals surface area contributed by atoms with E-state index in [4.69, 9.17) is 0 Å². The molecule has 1 unspecified atom stereocenters. The third kappa shape index (κ3) is 3.05. The zero-order valence-electron chi connectivity index (χ0n) is 18.0. The number of fused-ring (bicyclic) bond motifs is 3. The second-order valence-electron chi connectivity index (χ2n) is 8.92. The number of benzene rings is 2. The lowest BCUT2D eigenvalue weighted by atomic mass is 9.86. The van der Waals surface area contributed by atoms with E-state index in [0.29, 0.717) is 5.92 Å². The van der Waals surface area contributed by atoms with E-state index >= 15 is 0 Å². The number of imidazole rings is 1. The van der Waals surface area contributed by atoms with Crippen molar-refractivity contribution in [2.45, 2.75) is 31.6 Å². The first kappa shape index (κ1) is 19.5. The molecule has 156 valence electrons. The van der Waals surface area contributed by atoms with Crippen molar-refractivity contribution in [2.75, 3.05) is 13.1 Å². The second kappa shape index (κ2) is 7.07. The van der Waals surface area contributed by atoms with Crippen molar-refractivity contribution in [3.05, 3.63) is 70.3 Å². The predicted molar refractivity (Wildman–Crippen MR) is 123 cm³/mol. The number of nitrogens with zero attached hydrogens (tertiary/aromatic N) is 4. The summed E-state index contributed by atoms with van der Waals surface area (Å²) in [6.07, 6.45) is 2.90. The summed E-state index contributed by atoms with van der Waals surface area (Å²) in [6, 6.07) is 16.5. The standard InChI is InChI=1S/C25H25N5O/c1-25(2,15-26)18-5-7-19(8-6-18)30-23-20-12-16(17-10-11-27-13-17)4-9-21(20)28-14-22(23)29(3)24(30)31/h4-9,12,14,17,27H,10-11,13H2,1-3H3. The summed E-state index contributed by atoms with van der Waals surface area (Å²) >= 11 is 0. The summed E-state index contributed by atoms with van der Waals surface area (Å²) in [5.41, 5.74) is 4.86. The molecular formula is C25H25N5O. The normalized spacial score (nSPS) is 16.8. The van der Waals surface area contributed by atoms with E-state index in [-0.39, 0.29) is 5.69 Å². The van der Waals surface area contributed by atoms with Gasteiger partial charge >= 0.3 is 5.69 Å². The molecule has 2 aromatic carbocycles. The smallest absolute Gasteiger partial charge is 0.316 e. The minimum atomic E-state index is -0.580. The van der Waals surface area contributed by atoms with Gasteiger partial charge in [0.25, 0.3) is 0 Å². The number of aromatic nitrogens is 3. The molecule has 2 aromatic heterocycles. The van der Waals surface area contributed by atoms with Crippen LogP contribution >= 0.6 is 0 Å². The molecule has 0 spiro atoms. The van der Waals surface area contributed by atoms with Gasteiger partial charge in [-0.3, -0.25) is 14.1 Å².